The maximum atomic E-state index is 11.7. The maximum absolute atomic E-state index is 11.7. The molecule has 0 aromatic heterocycles. The summed E-state index contributed by atoms with van der Waals surface area (Å²) in [7, 11) is 3.07. The number of hydrogen-bond donors (Lipinski definition) is 2. The molecule has 2 N–H and O–H groups in total. The number of ether oxygens (including phenoxy) is 2. The first-order valence-corrected chi connectivity index (χ1v) is 11.0. The summed E-state index contributed by atoms with van der Waals surface area (Å²) in [6.45, 7) is 12.7. The third-order valence-corrected chi connectivity index (χ3v) is 5.51. The third-order valence-electron chi connectivity index (χ3n) is 2.72. The lowest BCUT2D eigenvalue weighted by molar-refractivity contribution is -0.126. The van der Waals surface area contributed by atoms with Crippen molar-refractivity contribution in [2.24, 2.45) is 11.8 Å². The van der Waals surface area contributed by atoms with Crippen LogP contribution in [0.3, 0.4) is 0 Å². The van der Waals surface area contributed by atoms with Gasteiger partial charge in [0, 0.05) is 11.8 Å². The Labute approximate surface area is 165 Å². The van der Waals surface area contributed by atoms with E-state index in [1.807, 2.05) is 41.5 Å². The zero-order valence-electron chi connectivity index (χ0n) is 16.6. The van der Waals surface area contributed by atoms with Crippen molar-refractivity contribution in [2.45, 2.75) is 46.4 Å². The van der Waals surface area contributed by atoms with E-state index in [0.717, 1.165) is 0 Å². The van der Waals surface area contributed by atoms with Gasteiger partial charge in [0.2, 0.25) is 11.8 Å². The van der Waals surface area contributed by atoms with Gasteiger partial charge in [-0.25, -0.2) is 0 Å². The first-order valence-electron chi connectivity index (χ1n) is 8.67. The second-order valence-electron chi connectivity index (χ2n) is 6.69. The number of amides is 2. The van der Waals surface area contributed by atoms with Gasteiger partial charge in [0.1, 0.15) is 12.5 Å². The van der Waals surface area contributed by atoms with Crippen LogP contribution in [0.25, 0.3) is 0 Å². The summed E-state index contributed by atoms with van der Waals surface area (Å²) >= 11 is 0. The molecule has 0 aliphatic heterocycles. The molecular weight excluding hydrogens is 372 g/mol. The van der Waals surface area contributed by atoms with E-state index in [-0.39, 0.29) is 29.2 Å². The fraction of sp³-hybridized carbons (Fsp3) is 0.778. The summed E-state index contributed by atoms with van der Waals surface area (Å²) in [5.41, 5.74) is 0. The molecule has 0 unspecified atom stereocenters. The Kier molecular flexibility index (Phi) is 13.7. The van der Waals surface area contributed by atoms with E-state index < -0.39 is 0 Å². The first-order chi connectivity index (χ1) is 12.1. The van der Waals surface area contributed by atoms with E-state index in [2.05, 4.69) is 22.5 Å². The summed E-state index contributed by atoms with van der Waals surface area (Å²) < 4.78 is 10.7. The van der Waals surface area contributed by atoms with E-state index in [9.17, 15) is 9.59 Å². The molecule has 2 amide bonds. The second kappa shape index (κ2) is 14.2. The number of rotatable bonds is 12. The van der Waals surface area contributed by atoms with Gasteiger partial charge in [-0.1, -0.05) is 61.1 Å². The predicted molar refractivity (Wildman–Crippen MR) is 110 cm³/mol. The van der Waals surface area contributed by atoms with Crippen LogP contribution >= 0.6 is 21.6 Å². The summed E-state index contributed by atoms with van der Waals surface area (Å²) in [4.78, 5) is 22.8. The van der Waals surface area contributed by atoms with Gasteiger partial charge in [-0.3, -0.25) is 9.59 Å². The highest BCUT2D eigenvalue weighted by Crippen LogP contribution is 2.33. The molecule has 0 heterocycles. The van der Waals surface area contributed by atoms with Crippen molar-refractivity contribution >= 4 is 33.4 Å². The summed E-state index contributed by atoms with van der Waals surface area (Å²) in [6, 6.07) is 0. The molecule has 0 radical (unpaired) electrons. The largest absolute Gasteiger partial charge is 0.369 e. The van der Waals surface area contributed by atoms with Crippen molar-refractivity contribution in [3.05, 3.63) is 0 Å². The van der Waals surface area contributed by atoms with Crippen molar-refractivity contribution < 1.29 is 19.1 Å². The topological polar surface area (TPSA) is 76.7 Å². The van der Waals surface area contributed by atoms with Crippen LogP contribution in [0.5, 0.6) is 0 Å². The Balaban J connectivity index is 3.60. The van der Waals surface area contributed by atoms with Gasteiger partial charge in [-0.2, -0.15) is 0 Å². The normalized spacial score (nSPS) is 11.2. The predicted octanol–water partition coefficient (Wildman–Crippen LogP) is 2.64. The monoisotopic (exact) mass is 404 g/mol. The molecule has 0 rings (SSSR count). The standard InChI is InChI=1S/C18H32N2O4S2/c1-14(2)8-7-9-19-16(21)12-23-10-11-24-13-25-26-18(5,6)20-17(22)15(3)4/h14-15H,9-13H2,1-6H3,(H,19,21)(H,20,22). The molecule has 0 fully saturated rings. The highest BCUT2D eigenvalue weighted by Gasteiger charge is 2.22. The molecule has 6 nitrogen and oxygen atoms in total. The fourth-order valence-electron chi connectivity index (χ4n) is 1.46. The van der Waals surface area contributed by atoms with E-state index in [1.54, 1.807) is 10.8 Å². The molecule has 0 saturated carbocycles. The van der Waals surface area contributed by atoms with Crippen LogP contribution in [0, 0.1) is 23.7 Å². The van der Waals surface area contributed by atoms with Gasteiger partial charge in [0.25, 0.3) is 0 Å². The number of carbonyl (C=O) groups excluding carboxylic acids is 2. The molecule has 0 saturated heterocycles. The van der Waals surface area contributed by atoms with Gasteiger partial charge in [0.15, 0.2) is 0 Å². The SMILES string of the molecule is CC(C)C#CCNC(=O)COCCOCSSC(C)(C)NC(=O)C(C)C. The van der Waals surface area contributed by atoms with E-state index in [1.165, 1.54) is 10.8 Å². The Morgan fingerprint density at radius 2 is 1.77 bits per heavy atom. The maximum Gasteiger partial charge on any atom is 0.246 e. The molecule has 26 heavy (non-hydrogen) atoms. The van der Waals surface area contributed by atoms with Gasteiger partial charge < -0.3 is 20.1 Å². The third kappa shape index (κ3) is 15.4. The van der Waals surface area contributed by atoms with E-state index >= 15 is 0 Å². The molecule has 150 valence electrons. The van der Waals surface area contributed by atoms with Crippen molar-refractivity contribution in [2.75, 3.05) is 32.3 Å². The van der Waals surface area contributed by atoms with E-state index in [0.29, 0.717) is 31.6 Å². The molecule has 0 bridgehead atoms. The van der Waals surface area contributed by atoms with Crippen LogP contribution in [0.4, 0.5) is 0 Å². The van der Waals surface area contributed by atoms with Crippen LogP contribution in [0.15, 0.2) is 0 Å². The van der Waals surface area contributed by atoms with Crippen LogP contribution in [-0.2, 0) is 19.1 Å². The zero-order valence-corrected chi connectivity index (χ0v) is 18.3. The summed E-state index contributed by atoms with van der Waals surface area (Å²) in [6.07, 6.45) is 0. The minimum atomic E-state index is -0.359. The smallest absolute Gasteiger partial charge is 0.246 e. The van der Waals surface area contributed by atoms with Crippen LogP contribution < -0.4 is 10.6 Å². The number of nitrogens with one attached hydrogen (secondary N) is 2. The first kappa shape index (κ1) is 25.1. The lowest BCUT2D eigenvalue weighted by Gasteiger charge is -2.25. The fourth-order valence-corrected chi connectivity index (χ4v) is 3.49. The Hall–Kier alpha value is -0.880. The molecule has 0 atom stereocenters. The van der Waals surface area contributed by atoms with Crippen molar-refractivity contribution in [1.29, 1.82) is 0 Å². The van der Waals surface area contributed by atoms with Gasteiger partial charge in [-0.15, -0.1) is 0 Å². The average molecular weight is 405 g/mol. The molecule has 0 aromatic rings. The van der Waals surface area contributed by atoms with Crippen molar-refractivity contribution in [3.63, 3.8) is 0 Å². The minimum Gasteiger partial charge on any atom is -0.369 e. The Morgan fingerprint density at radius 1 is 1.12 bits per heavy atom. The summed E-state index contributed by atoms with van der Waals surface area (Å²) in [5, 5.41) is 5.64. The molecule has 8 heteroatoms. The number of carbonyl (C=O) groups is 2. The van der Waals surface area contributed by atoms with Crippen LogP contribution in [0.2, 0.25) is 0 Å². The van der Waals surface area contributed by atoms with Gasteiger partial charge in [-0.05, 0) is 13.8 Å². The Morgan fingerprint density at radius 3 is 2.38 bits per heavy atom. The summed E-state index contributed by atoms with van der Waals surface area (Å²) in [5.74, 6) is 6.44. The highest BCUT2D eigenvalue weighted by atomic mass is 33.1. The highest BCUT2D eigenvalue weighted by molar-refractivity contribution is 8.77. The van der Waals surface area contributed by atoms with Gasteiger partial charge in [0.05, 0.1) is 24.6 Å². The van der Waals surface area contributed by atoms with Gasteiger partial charge >= 0.3 is 0 Å². The second-order valence-corrected chi connectivity index (χ2v) is 9.55. The quantitative estimate of drug-likeness (QED) is 0.225. The lowest BCUT2D eigenvalue weighted by atomic mass is 10.2. The molecule has 0 aromatic carbocycles. The van der Waals surface area contributed by atoms with Crippen molar-refractivity contribution in [1.82, 2.24) is 10.6 Å². The number of hydrogen-bond acceptors (Lipinski definition) is 6. The van der Waals surface area contributed by atoms with Crippen molar-refractivity contribution in [3.8, 4) is 11.8 Å². The molecule has 0 spiro atoms. The van der Waals surface area contributed by atoms with E-state index in [4.69, 9.17) is 9.47 Å². The lowest BCUT2D eigenvalue weighted by Crippen LogP contribution is -2.42. The van der Waals surface area contributed by atoms with Crippen LogP contribution in [-0.4, -0.2) is 49.0 Å². The zero-order chi connectivity index (χ0) is 20.0. The Bertz CT molecular complexity index is 485. The molecule has 0 aliphatic carbocycles. The molecule has 0 aliphatic rings. The average Bonchev–Trinajstić information content (AvgIpc) is 2.53. The van der Waals surface area contributed by atoms with Crippen LogP contribution in [0.1, 0.15) is 41.5 Å². The molecular formula is C18H32N2O4S2. The minimum absolute atomic E-state index is 0.00285.